The fourth-order valence-electron chi connectivity index (χ4n) is 0.205. The molecule has 0 fully saturated rings. The molecular formula is C3H7NO3P+. The normalized spacial score (nSPS) is 15.0. The number of carbonyl (C=O) groups is 1. The summed E-state index contributed by atoms with van der Waals surface area (Å²) >= 11 is 0. The Hall–Kier alpha value is -0.310. The van der Waals surface area contributed by atoms with Crippen molar-refractivity contribution in [3.8, 4) is 0 Å². The molecular weight excluding hydrogens is 129 g/mol. The maximum absolute atomic E-state index is 9.85. The first-order valence-electron chi connectivity index (χ1n) is 2.04. The van der Waals surface area contributed by atoms with Crippen molar-refractivity contribution in [3.63, 3.8) is 0 Å². The van der Waals surface area contributed by atoms with Crippen molar-refractivity contribution in [1.82, 2.24) is 5.09 Å². The molecule has 0 bridgehead atoms. The molecule has 0 radical (unpaired) electrons. The molecule has 5 heteroatoms. The van der Waals surface area contributed by atoms with Crippen LogP contribution in [0.4, 0.5) is 0 Å². The molecule has 2 N–H and O–H groups in total. The first-order valence-corrected chi connectivity index (χ1v) is 3.25. The van der Waals surface area contributed by atoms with Gasteiger partial charge >= 0.3 is 8.18 Å². The molecule has 0 aromatic heterocycles. The second-order valence-corrected chi connectivity index (χ2v) is 2.13. The zero-order valence-electron chi connectivity index (χ0n) is 4.37. The van der Waals surface area contributed by atoms with Gasteiger partial charge in [-0.2, -0.15) is 0 Å². The van der Waals surface area contributed by atoms with Gasteiger partial charge in [-0.3, -0.25) is 0 Å². The summed E-state index contributed by atoms with van der Waals surface area (Å²) in [4.78, 5) is 17.8. The van der Waals surface area contributed by atoms with Gasteiger partial charge in [0.05, 0.1) is 0 Å². The van der Waals surface area contributed by atoms with E-state index in [-0.39, 0.29) is 0 Å². The van der Waals surface area contributed by atoms with Crippen LogP contribution >= 0.6 is 8.18 Å². The van der Waals surface area contributed by atoms with Crippen LogP contribution in [-0.4, -0.2) is 17.2 Å². The number of hydrogen-bond donors (Lipinski definition) is 2. The van der Waals surface area contributed by atoms with Gasteiger partial charge in [0.15, 0.2) is 0 Å². The van der Waals surface area contributed by atoms with Crippen LogP contribution in [0.5, 0.6) is 0 Å². The highest BCUT2D eigenvalue weighted by atomic mass is 31.1. The fraction of sp³-hybridized carbons (Fsp3) is 0.667. The van der Waals surface area contributed by atoms with E-state index in [1.54, 1.807) is 0 Å². The highest BCUT2D eigenvalue weighted by Gasteiger charge is 2.13. The average Bonchev–Trinajstić information content (AvgIpc) is 1.65. The van der Waals surface area contributed by atoms with E-state index < -0.39 is 14.2 Å². The molecule has 2 atom stereocenters. The molecule has 0 aliphatic carbocycles. The van der Waals surface area contributed by atoms with Gasteiger partial charge in [-0.15, -0.1) is 4.89 Å². The van der Waals surface area contributed by atoms with Crippen LogP contribution in [0.25, 0.3) is 0 Å². The highest BCUT2D eigenvalue weighted by Crippen LogP contribution is 2.04. The zero-order valence-corrected chi connectivity index (χ0v) is 5.26. The molecule has 0 aromatic rings. The lowest BCUT2D eigenvalue weighted by Gasteiger charge is -1.87. The van der Waals surface area contributed by atoms with Gasteiger partial charge in [0, 0.05) is 0 Å². The fourth-order valence-corrected chi connectivity index (χ4v) is 0.614. The lowest BCUT2D eigenvalue weighted by Crippen LogP contribution is -2.19. The number of rotatable bonds is 3. The van der Waals surface area contributed by atoms with Crippen molar-refractivity contribution in [2.24, 2.45) is 0 Å². The van der Waals surface area contributed by atoms with Crippen LogP contribution in [0.15, 0.2) is 0 Å². The molecule has 46 valence electrons. The summed E-state index contributed by atoms with van der Waals surface area (Å²) in [7, 11) is -2.38. The minimum Gasteiger partial charge on any atom is -0.301 e. The predicted molar refractivity (Wildman–Crippen MR) is 28.5 cm³/mol. The highest BCUT2D eigenvalue weighted by molar-refractivity contribution is 7.35. The van der Waals surface area contributed by atoms with E-state index in [0.717, 1.165) is 0 Å². The summed E-state index contributed by atoms with van der Waals surface area (Å²) in [6.07, 6.45) is 0.559. The van der Waals surface area contributed by atoms with Crippen molar-refractivity contribution >= 4 is 14.5 Å². The summed E-state index contributed by atoms with van der Waals surface area (Å²) < 4.78 is 9.85. The topological polar surface area (TPSA) is 66.4 Å². The van der Waals surface area contributed by atoms with E-state index in [9.17, 15) is 9.36 Å². The smallest absolute Gasteiger partial charge is 0.301 e. The Morgan fingerprint density at radius 1 is 1.88 bits per heavy atom. The molecule has 0 aromatic carbocycles. The van der Waals surface area contributed by atoms with E-state index >= 15 is 0 Å². The second kappa shape index (κ2) is 3.66. The van der Waals surface area contributed by atoms with Gasteiger partial charge in [-0.05, 0) is 11.5 Å². The van der Waals surface area contributed by atoms with Crippen LogP contribution in [-0.2, 0) is 9.36 Å². The predicted octanol–water partition coefficient (Wildman–Crippen LogP) is -0.187. The van der Waals surface area contributed by atoms with Crippen molar-refractivity contribution in [1.29, 1.82) is 0 Å². The number of aldehydes is 1. The summed E-state index contributed by atoms with van der Waals surface area (Å²) in [5, 5.41) is 2.09. The van der Waals surface area contributed by atoms with Crippen LogP contribution in [0, 0.1) is 0 Å². The first kappa shape index (κ1) is 7.69. The molecule has 0 amide bonds. The first-order chi connectivity index (χ1) is 3.66. The lowest BCUT2D eigenvalue weighted by molar-refractivity contribution is -0.108. The van der Waals surface area contributed by atoms with Gasteiger partial charge in [0.2, 0.25) is 0 Å². The maximum atomic E-state index is 9.85. The van der Waals surface area contributed by atoms with Gasteiger partial charge in [-0.25, -0.2) is 0 Å². The molecule has 0 saturated carbocycles. The quantitative estimate of drug-likeness (QED) is 0.417. The van der Waals surface area contributed by atoms with Gasteiger partial charge in [-0.1, -0.05) is 5.09 Å². The number of carbonyl (C=O) groups excluding carboxylic acids is 1. The maximum Gasteiger partial charge on any atom is 0.611 e. The Labute approximate surface area is 47.8 Å². The summed E-state index contributed by atoms with van der Waals surface area (Å²) in [6.45, 7) is 1.50. The lowest BCUT2D eigenvalue weighted by atomic mass is 10.4. The molecule has 0 rings (SSSR count). The Morgan fingerprint density at radius 3 is 2.50 bits per heavy atom. The average molecular weight is 136 g/mol. The van der Waals surface area contributed by atoms with Crippen LogP contribution in [0.3, 0.4) is 0 Å². The third kappa shape index (κ3) is 3.87. The Kier molecular flexibility index (Phi) is 3.52. The van der Waals surface area contributed by atoms with E-state index in [1.807, 2.05) is 0 Å². The van der Waals surface area contributed by atoms with Crippen LogP contribution < -0.4 is 5.09 Å². The molecule has 0 aliphatic heterocycles. The molecule has 0 heterocycles. The monoisotopic (exact) mass is 136 g/mol. The zero-order chi connectivity index (χ0) is 6.57. The van der Waals surface area contributed by atoms with E-state index in [4.69, 9.17) is 4.89 Å². The number of nitrogens with one attached hydrogen (secondary N) is 1. The van der Waals surface area contributed by atoms with Crippen molar-refractivity contribution in [3.05, 3.63) is 0 Å². The Morgan fingerprint density at radius 2 is 2.38 bits per heavy atom. The van der Waals surface area contributed by atoms with Crippen molar-refractivity contribution < 1.29 is 14.3 Å². The van der Waals surface area contributed by atoms with Gasteiger partial charge in [0.1, 0.15) is 12.3 Å². The third-order valence-corrected chi connectivity index (χ3v) is 1.15. The van der Waals surface area contributed by atoms with Crippen LogP contribution in [0.2, 0.25) is 0 Å². The van der Waals surface area contributed by atoms with Gasteiger partial charge < -0.3 is 4.79 Å². The molecule has 2 unspecified atom stereocenters. The van der Waals surface area contributed by atoms with Crippen LogP contribution in [0.1, 0.15) is 6.92 Å². The Bertz CT molecular complexity index is 105. The summed E-state index contributed by atoms with van der Waals surface area (Å²) in [5.74, 6) is 0. The van der Waals surface area contributed by atoms with E-state index in [2.05, 4.69) is 5.09 Å². The SMILES string of the molecule is CC(C=O)N[P+](=O)O. The minimum absolute atomic E-state index is 0.538. The number of hydrogen-bond acceptors (Lipinski definition) is 2. The molecule has 0 saturated heterocycles. The van der Waals surface area contributed by atoms with E-state index in [0.29, 0.717) is 6.29 Å². The summed E-state index contributed by atoms with van der Waals surface area (Å²) in [6, 6.07) is -0.538. The molecule has 8 heavy (non-hydrogen) atoms. The Balaban J connectivity index is 3.38. The summed E-state index contributed by atoms with van der Waals surface area (Å²) in [5.41, 5.74) is 0. The van der Waals surface area contributed by atoms with Crippen molar-refractivity contribution in [2.45, 2.75) is 13.0 Å². The largest absolute Gasteiger partial charge is 0.611 e. The second-order valence-electron chi connectivity index (χ2n) is 1.33. The molecule has 0 aliphatic rings. The van der Waals surface area contributed by atoms with Gasteiger partial charge in [0.25, 0.3) is 0 Å². The molecule has 0 spiro atoms. The van der Waals surface area contributed by atoms with Crippen molar-refractivity contribution in [2.75, 3.05) is 0 Å². The van der Waals surface area contributed by atoms with E-state index in [1.165, 1.54) is 6.92 Å². The third-order valence-electron chi connectivity index (χ3n) is 0.518. The minimum atomic E-state index is -2.38. The molecule has 4 nitrogen and oxygen atoms in total. The standard InChI is InChI=1S/C3H6NO3P/c1-3(2-5)4-8(6)7/h2-3H,1H3,(H-,4,6,7)/p+1.